The van der Waals surface area contributed by atoms with E-state index in [1.807, 2.05) is 22.3 Å². The molecule has 0 radical (unpaired) electrons. The second-order valence-corrected chi connectivity index (χ2v) is 7.53. The number of rotatable bonds is 5. The number of thioether (sulfide) groups is 1. The van der Waals surface area contributed by atoms with E-state index in [-0.39, 0.29) is 0 Å². The summed E-state index contributed by atoms with van der Waals surface area (Å²) in [5, 5.41) is 14.1. The summed E-state index contributed by atoms with van der Waals surface area (Å²) in [5.74, 6) is 2.82. The van der Waals surface area contributed by atoms with E-state index in [9.17, 15) is 0 Å². The molecule has 24 heavy (non-hydrogen) atoms. The molecule has 0 bridgehead atoms. The van der Waals surface area contributed by atoms with Gasteiger partial charge in [-0.2, -0.15) is 21.4 Å². The molecule has 4 nitrogen and oxygen atoms in total. The minimum Gasteiger partial charge on any atom is -0.186 e. The standard InChI is InChI=1S/C18H16N4S2/c1-2-23-12-16-19-20-18-22(16)21-17(24-18)15-10-8-14(9-11-15)13-6-4-3-5-7-13/h3-11H,2,12H2,1H3. The lowest BCUT2D eigenvalue weighted by Gasteiger charge is -2.02. The maximum atomic E-state index is 4.70. The van der Waals surface area contributed by atoms with Gasteiger partial charge in [-0.3, -0.25) is 0 Å². The van der Waals surface area contributed by atoms with Gasteiger partial charge in [-0.15, -0.1) is 10.2 Å². The number of nitrogens with zero attached hydrogens (tertiary/aromatic N) is 4. The fourth-order valence-electron chi connectivity index (χ4n) is 2.49. The van der Waals surface area contributed by atoms with Crippen molar-refractivity contribution in [3.63, 3.8) is 0 Å². The van der Waals surface area contributed by atoms with Crippen LogP contribution in [0.3, 0.4) is 0 Å². The Morgan fingerprint density at radius 2 is 1.62 bits per heavy atom. The molecule has 0 saturated carbocycles. The number of hydrogen-bond acceptors (Lipinski definition) is 5. The van der Waals surface area contributed by atoms with Gasteiger partial charge >= 0.3 is 0 Å². The molecule has 0 saturated heterocycles. The Morgan fingerprint density at radius 1 is 0.917 bits per heavy atom. The van der Waals surface area contributed by atoms with Gasteiger partial charge in [-0.1, -0.05) is 72.9 Å². The van der Waals surface area contributed by atoms with Gasteiger partial charge in [0.1, 0.15) is 5.01 Å². The first-order valence-corrected chi connectivity index (χ1v) is 9.77. The van der Waals surface area contributed by atoms with Crippen LogP contribution in [0.25, 0.3) is 26.7 Å². The highest BCUT2D eigenvalue weighted by Crippen LogP contribution is 2.28. The van der Waals surface area contributed by atoms with Crippen molar-refractivity contribution in [2.75, 3.05) is 5.75 Å². The predicted molar refractivity (Wildman–Crippen MR) is 101 cm³/mol. The quantitative estimate of drug-likeness (QED) is 0.519. The molecule has 2 heterocycles. The zero-order chi connectivity index (χ0) is 16.4. The van der Waals surface area contributed by atoms with Gasteiger partial charge in [0, 0.05) is 5.56 Å². The minimum atomic E-state index is 0.841. The second kappa shape index (κ2) is 6.75. The van der Waals surface area contributed by atoms with E-state index in [2.05, 4.69) is 65.7 Å². The lowest BCUT2D eigenvalue weighted by Crippen LogP contribution is -1.94. The van der Waals surface area contributed by atoms with Crippen molar-refractivity contribution in [3.8, 4) is 21.7 Å². The summed E-state index contributed by atoms with van der Waals surface area (Å²) in [6.45, 7) is 2.14. The summed E-state index contributed by atoms with van der Waals surface area (Å²) in [6.07, 6.45) is 0. The molecule has 4 rings (SSSR count). The van der Waals surface area contributed by atoms with Gasteiger partial charge in [0.25, 0.3) is 0 Å². The van der Waals surface area contributed by atoms with Crippen molar-refractivity contribution in [1.29, 1.82) is 0 Å². The van der Waals surface area contributed by atoms with Crippen LogP contribution in [0.15, 0.2) is 54.6 Å². The summed E-state index contributed by atoms with van der Waals surface area (Å²) >= 11 is 3.40. The molecule has 0 unspecified atom stereocenters. The molecule has 0 amide bonds. The summed E-state index contributed by atoms with van der Waals surface area (Å²) in [7, 11) is 0. The second-order valence-electron chi connectivity index (χ2n) is 5.30. The van der Waals surface area contributed by atoms with Crippen molar-refractivity contribution in [1.82, 2.24) is 19.8 Å². The van der Waals surface area contributed by atoms with Crippen molar-refractivity contribution in [2.45, 2.75) is 12.7 Å². The topological polar surface area (TPSA) is 43.1 Å². The predicted octanol–water partition coefficient (Wildman–Crippen LogP) is 4.77. The van der Waals surface area contributed by atoms with Gasteiger partial charge < -0.3 is 0 Å². The van der Waals surface area contributed by atoms with E-state index < -0.39 is 0 Å². The average Bonchev–Trinajstić information content (AvgIpc) is 3.22. The van der Waals surface area contributed by atoms with Crippen molar-refractivity contribution in [3.05, 3.63) is 60.4 Å². The molecule has 0 aliphatic carbocycles. The van der Waals surface area contributed by atoms with Crippen LogP contribution in [0.5, 0.6) is 0 Å². The Kier molecular flexibility index (Phi) is 4.32. The first-order chi connectivity index (χ1) is 11.8. The highest BCUT2D eigenvalue weighted by molar-refractivity contribution is 7.98. The molecule has 0 atom stereocenters. The Hall–Kier alpha value is -2.18. The van der Waals surface area contributed by atoms with Gasteiger partial charge in [-0.05, 0) is 16.9 Å². The molecule has 2 aromatic carbocycles. The van der Waals surface area contributed by atoms with E-state index in [1.54, 1.807) is 11.3 Å². The molecule has 0 fully saturated rings. The zero-order valence-electron chi connectivity index (χ0n) is 13.2. The lowest BCUT2D eigenvalue weighted by molar-refractivity contribution is 0.887. The third kappa shape index (κ3) is 2.95. The Balaban J connectivity index is 1.64. The lowest BCUT2D eigenvalue weighted by atomic mass is 10.0. The molecular formula is C18H16N4S2. The third-order valence-corrected chi connectivity index (χ3v) is 5.55. The maximum Gasteiger partial charge on any atom is 0.235 e. The summed E-state index contributed by atoms with van der Waals surface area (Å²) < 4.78 is 1.87. The zero-order valence-corrected chi connectivity index (χ0v) is 14.8. The molecule has 0 aliphatic rings. The summed E-state index contributed by atoms with van der Waals surface area (Å²) in [5.41, 5.74) is 3.54. The van der Waals surface area contributed by atoms with Crippen LogP contribution in [-0.2, 0) is 5.75 Å². The van der Waals surface area contributed by atoms with Crippen LogP contribution in [0.4, 0.5) is 0 Å². The van der Waals surface area contributed by atoms with E-state index in [4.69, 9.17) is 5.10 Å². The van der Waals surface area contributed by atoms with E-state index >= 15 is 0 Å². The van der Waals surface area contributed by atoms with Crippen LogP contribution in [0, 0.1) is 0 Å². The molecule has 0 spiro atoms. The summed E-state index contributed by atoms with van der Waals surface area (Å²) in [6, 6.07) is 18.9. The fourth-order valence-corrected chi connectivity index (χ4v) is 3.92. The van der Waals surface area contributed by atoms with Gasteiger partial charge in [-0.25, -0.2) is 0 Å². The van der Waals surface area contributed by atoms with E-state index in [1.165, 1.54) is 11.1 Å². The first kappa shape index (κ1) is 15.4. The molecule has 4 aromatic rings. The Bertz CT molecular complexity index is 942. The fraction of sp³-hybridized carbons (Fsp3) is 0.167. The third-order valence-electron chi connectivity index (χ3n) is 3.73. The minimum absolute atomic E-state index is 0.841. The first-order valence-electron chi connectivity index (χ1n) is 7.80. The highest BCUT2D eigenvalue weighted by Gasteiger charge is 2.12. The van der Waals surface area contributed by atoms with Crippen LogP contribution in [0.2, 0.25) is 0 Å². The molecule has 6 heteroatoms. The number of benzene rings is 2. The molecular weight excluding hydrogens is 336 g/mol. The largest absolute Gasteiger partial charge is 0.235 e. The van der Waals surface area contributed by atoms with Gasteiger partial charge in [0.2, 0.25) is 4.96 Å². The van der Waals surface area contributed by atoms with Crippen LogP contribution in [0.1, 0.15) is 12.7 Å². The average molecular weight is 352 g/mol. The Labute approximate surface area is 148 Å². The SMILES string of the molecule is CCSCc1nnc2sc(-c3ccc(-c4ccccc4)cc3)nn12. The molecule has 0 N–H and O–H groups in total. The van der Waals surface area contributed by atoms with Crippen LogP contribution < -0.4 is 0 Å². The molecule has 0 aliphatic heterocycles. The van der Waals surface area contributed by atoms with Crippen LogP contribution >= 0.6 is 23.1 Å². The van der Waals surface area contributed by atoms with Gasteiger partial charge in [0.05, 0.1) is 5.75 Å². The maximum absolute atomic E-state index is 4.70. The monoisotopic (exact) mass is 352 g/mol. The number of aromatic nitrogens is 4. The number of hydrogen-bond donors (Lipinski definition) is 0. The smallest absolute Gasteiger partial charge is 0.186 e. The normalized spacial score (nSPS) is 11.2. The van der Waals surface area contributed by atoms with Gasteiger partial charge in [0.15, 0.2) is 5.82 Å². The Morgan fingerprint density at radius 3 is 2.38 bits per heavy atom. The highest BCUT2D eigenvalue weighted by atomic mass is 32.2. The van der Waals surface area contributed by atoms with Crippen molar-refractivity contribution < 1.29 is 0 Å². The number of fused-ring (bicyclic) bond motifs is 1. The van der Waals surface area contributed by atoms with Crippen molar-refractivity contribution in [2.24, 2.45) is 0 Å². The molecule has 120 valence electrons. The summed E-state index contributed by atoms with van der Waals surface area (Å²) in [4.78, 5) is 0.851. The van der Waals surface area contributed by atoms with Crippen molar-refractivity contribution >= 4 is 28.1 Å². The van der Waals surface area contributed by atoms with E-state index in [0.717, 1.165) is 32.9 Å². The molecule has 2 aromatic heterocycles. The van der Waals surface area contributed by atoms with E-state index in [0.29, 0.717) is 0 Å². The van der Waals surface area contributed by atoms with Crippen LogP contribution in [-0.4, -0.2) is 25.6 Å².